The van der Waals surface area contributed by atoms with E-state index in [9.17, 15) is 0 Å². The minimum Gasteiger partial charge on any atom is -0.493 e. The predicted molar refractivity (Wildman–Crippen MR) is 115 cm³/mol. The van der Waals surface area contributed by atoms with Crippen LogP contribution in [0.15, 0.2) is 17.1 Å². The molecule has 8 nitrogen and oxygen atoms in total. The maximum Gasteiger partial charge on any atom is 0.203 e. The van der Waals surface area contributed by atoms with Crippen LogP contribution in [0, 0.1) is 0 Å². The number of nitrogens with zero attached hydrogens (tertiary/aromatic N) is 3. The molecule has 164 valence electrons. The number of rotatable bonds is 10. The van der Waals surface area contributed by atoms with Crippen LogP contribution in [0.25, 0.3) is 0 Å². The van der Waals surface area contributed by atoms with E-state index in [2.05, 4.69) is 27.0 Å². The van der Waals surface area contributed by atoms with Gasteiger partial charge in [0.15, 0.2) is 17.5 Å². The maximum absolute atomic E-state index is 5.47. The first-order valence-corrected chi connectivity index (χ1v) is 10.3. The smallest absolute Gasteiger partial charge is 0.203 e. The number of nitrogens with one attached hydrogen (secondary N) is 1. The second kappa shape index (κ2) is 12.4. The van der Waals surface area contributed by atoms with Crippen LogP contribution in [-0.2, 0) is 11.3 Å². The Kier molecular flexibility index (Phi) is 9.87. The molecular weight excluding hydrogens is 372 g/mol. The summed E-state index contributed by atoms with van der Waals surface area (Å²) in [6.07, 6.45) is 0. The van der Waals surface area contributed by atoms with E-state index in [4.69, 9.17) is 18.9 Å². The third kappa shape index (κ3) is 6.68. The molecule has 2 rings (SSSR count). The van der Waals surface area contributed by atoms with Crippen LogP contribution in [0.3, 0.4) is 0 Å². The van der Waals surface area contributed by atoms with Crippen molar-refractivity contribution in [3.05, 3.63) is 17.7 Å². The highest BCUT2D eigenvalue weighted by molar-refractivity contribution is 5.80. The average Bonchev–Trinajstić information content (AvgIpc) is 2.75. The first kappa shape index (κ1) is 23.1. The molecule has 1 aromatic carbocycles. The first-order valence-electron chi connectivity index (χ1n) is 10.3. The van der Waals surface area contributed by atoms with Crippen molar-refractivity contribution < 1.29 is 18.9 Å². The number of piperazine rings is 1. The Balaban J connectivity index is 1.96. The van der Waals surface area contributed by atoms with Crippen LogP contribution in [0.2, 0.25) is 0 Å². The molecule has 0 atom stereocenters. The lowest BCUT2D eigenvalue weighted by Crippen LogP contribution is -2.52. The average molecular weight is 409 g/mol. The van der Waals surface area contributed by atoms with Crippen molar-refractivity contribution in [1.29, 1.82) is 0 Å². The van der Waals surface area contributed by atoms with Gasteiger partial charge in [-0.3, -0.25) is 9.89 Å². The van der Waals surface area contributed by atoms with E-state index in [0.717, 1.165) is 57.4 Å². The zero-order chi connectivity index (χ0) is 21.1. The highest BCUT2D eigenvalue weighted by Crippen LogP contribution is 2.38. The van der Waals surface area contributed by atoms with E-state index in [1.54, 1.807) is 21.3 Å². The molecule has 8 heteroatoms. The van der Waals surface area contributed by atoms with Gasteiger partial charge < -0.3 is 29.2 Å². The number of guanidine groups is 1. The van der Waals surface area contributed by atoms with Crippen molar-refractivity contribution in [2.75, 3.05) is 73.8 Å². The Hall–Kier alpha value is -2.19. The summed E-state index contributed by atoms with van der Waals surface area (Å²) in [5, 5.41) is 3.39. The Morgan fingerprint density at radius 3 is 2.17 bits per heavy atom. The van der Waals surface area contributed by atoms with E-state index in [0.29, 0.717) is 30.4 Å². The van der Waals surface area contributed by atoms with E-state index >= 15 is 0 Å². The van der Waals surface area contributed by atoms with Crippen molar-refractivity contribution >= 4 is 5.96 Å². The molecule has 1 aliphatic rings. The summed E-state index contributed by atoms with van der Waals surface area (Å²) in [7, 11) is 4.91. The minimum atomic E-state index is 0.627. The standard InChI is InChI=1S/C21H36N4O4/c1-6-22-21(23-8-13-29-7-2)25-11-9-24(10-12-25)16-17-14-18(26-3)20(28-5)19(15-17)27-4/h14-15H,6-13,16H2,1-5H3,(H,22,23). The zero-order valence-corrected chi connectivity index (χ0v) is 18.5. The monoisotopic (exact) mass is 408 g/mol. The Morgan fingerprint density at radius 2 is 1.66 bits per heavy atom. The number of aliphatic imine (C=N–C) groups is 1. The summed E-state index contributed by atoms with van der Waals surface area (Å²) in [4.78, 5) is 9.44. The highest BCUT2D eigenvalue weighted by atomic mass is 16.5. The number of methoxy groups -OCH3 is 3. The van der Waals surface area contributed by atoms with Crippen molar-refractivity contribution in [2.24, 2.45) is 4.99 Å². The summed E-state index contributed by atoms with van der Waals surface area (Å²) < 4.78 is 21.8. The van der Waals surface area contributed by atoms with E-state index in [-0.39, 0.29) is 0 Å². The van der Waals surface area contributed by atoms with Gasteiger partial charge in [0.2, 0.25) is 5.75 Å². The highest BCUT2D eigenvalue weighted by Gasteiger charge is 2.21. The fraction of sp³-hybridized carbons (Fsp3) is 0.667. The topological polar surface area (TPSA) is 67.8 Å². The fourth-order valence-corrected chi connectivity index (χ4v) is 3.39. The molecule has 0 unspecified atom stereocenters. The summed E-state index contributed by atoms with van der Waals surface area (Å²) >= 11 is 0. The van der Waals surface area contributed by atoms with Crippen molar-refractivity contribution in [3.8, 4) is 17.2 Å². The summed E-state index contributed by atoms with van der Waals surface area (Å²) in [6, 6.07) is 4.04. The number of benzene rings is 1. The fourth-order valence-electron chi connectivity index (χ4n) is 3.39. The Morgan fingerprint density at radius 1 is 1.00 bits per heavy atom. The van der Waals surface area contributed by atoms with Gasteiger partial charge in [-0.05, 0) is 31.5 Å². The van der Waals surface area contributed by atoms with Crippen LogP contribution in [0.1, 0.15) is 19.4 Å². The van der Waals surface area contributed by atoms with Crippen molar-refractivity contribution in [3.63, 3.8) is 0 Å². The van der Waals surface area contributed by atoms with Gasteiger partial charge in [0, 0.05) is 45.9 Å². The van der Waals surface area contributed by atoms with Gasteiger partial charge in [0.25, 0.3) is 0 Å². The molecule has 0 bridgehead atoms. The lowest BCUT2D eigenvalue weighted by molar-refractivity contribution is 0.154. The quantitative estimate of drug-likeness (QED) is 0.360. The van der Waals surface area contributed by atoms with Crippen LogP contribution in [-0.4, -0.2) is 89.6 Å². The molecular formula is C21H36N4O4. The van der Waals surface area contributed by atoms with E-state index < -0.39 is 0 Å². The second-order valence-electron chi connectivity index (χ2n) is 6.73. The molecule has 1 heterocycles. The lowest BCUT2D eigenvalue weighted by atomic mass is 10.1. The normalized spacial score (nSPS) is 15.3. The van der Waals surface area contributed by atoms with Gasteiger partial charge in [0.1, 0.15) is 0 Å². The van der Waals surface area contributed by atoms with Crippen molar-refractivity contribution in [1.82, 2.24) is 15.1 Å². The van der Waals surface area contributed by atoms with Gasteiger partial charge in [-0.25, -0.2) is 0 Å². The van der Waals surface area contributed by atoms with Crippen LogP contribution in [0.4, 0.5) is 0 Å². The minimum absolute atomic E-state index is 0.627. The van der Waals surface area contributed by atoms with Crippen molar-refractivity contribution in [2.45, 2.75) is 20.4 Å². The zero-order valence-electron chi connectivity index (χ0n) is 18.5. The molecule has 0 amide bonds. The molecule has 0 aliphatic carbocycles. The molecule has 0 spiro atoms. The third-order valence-corrected chi connectivity index (χ3v) is 4.84. The van der Waals surface area contributed by atoms with Gasteiger partial charge in [0.05, 0.1) is 34.5 Å². The van der Waals surface area contributed by atoms with E-state index in [1.165, 1.54) is 0 Å². The number of ether oxygens (including phenoxy) is 4. The Labute approximate surface area is 174 Å². The first-order chi connectivity index (χ1) is 14.2. The molecule has 1 aromatic rings. The SMILES string of the molecule is CCNC(=NCCOCC)N1CCN(Cc2cc(OC)c(OC)c(OC)c2)CC1. The van der Waals surface area contributed by atoms with Crippen LogP contribution >= 0.6 is 0 Å². The van der Waals surface area contributed by atoms with Gasteiger partial charge in [-0.2, -0.15) is 0 Å². The molecule has 0 radical (unpaired) electrons. The molecule has 1 fully saturated rings. The summed E-state index contributed by atoms with van der Waals surface area (Å²) in [5.74, 6) is 2.98. The van der Waals surface area contributed by atoms with Crippen LogP contribution in [0.5, 0.6) is 17.2 Å². The predicted octanol–water partition coefficient (Wildman–Crippen LogP) is 1.83. The van der Waals surface area contributed by atoms with Gasteiger partial charge in [-0.15, -0.1) is 0 Å². The van der Waals surface area contributed by atoms with E-state index in [1.807, 2.05) is 19.1 Å². The lowest BCUT2D eigenvalue weighted by Gasteiger charge is -2.36. The van der Waals surface area contributed by atoms with Gasteiger partial charge >= 0.3 is 0 Å². The molecule has 29 heavy (non-hydrogen) atoms. The van der Waals surface area contributed by atoms with Gasteiger partial charge in [-0.1, -0.05) is 0 Å². The molecule has 0 aromatic heterocycles. The summed E-state index contributed by atoms with van der Waals surface area (Å²) in [5.41, 5.74) is 1.14. The number of hydrogen-bond donors (Lipinski definition) is 1. The molecule has 0 saturated carbocycles. The third-order valence-electron chi connectivity index (χ3n) is 4.84. The molecule has 1 saturated heterocycles. The second-order valence-corrected chi connectivity index (χ2v) is 6.73. The maximum atomic E-state index is 5.47. The summed E-state index contributed by atoms with van der Waals surface area (Å²) in [6.45, 7) is 11.7. The van der Waals surface area contributed by atoms with Crippen LogP contribution < -0.4 is 19.5 Å². The largest absolute Gasteiger partial charge is 0.493 e. The molecule has 1 aliphatic heterocycles. The Bertz CT molecular complexity index is 621. The number of hydrogen-bond acceptors (Lipinski definition) is 6. The molecule has 1 N–H and O–H groups in total.